The van der Waals surface area contributed by atoms with Crippen molar-refractivity contribution >= 4 is 30.1 Å². The number of likely N-dealkylation sites (tertiary alicyclic amines) is 2. The van der Waals surface area contributed by atoms with E-state index in [2.05, 4.69) is 5.32 Å². The van der Waals surface area contributed by atoms with Crippen LogP contribution in [0.1, 0.15) is 38.5 Å². The number of rotatable bonds is 5. The van der Waals surface area contributed by atoms with Crippen molar-refractivity contribution < 1.29 is 14.4 Å². The topological polar surface area (TPSA) is 95.7 Å². The predicted molar refractivity (Wildman–Crippen MR) is 93.7 cm³/mol. The molecule has 2 fully saturated rings. The van der Waals surface area contributed by atoms with Crippen LogP contribution in [0.4, 0.5) is 0 Å². The average molecular weight is 361 g/mol. The van der Waals surface area contributed by atoms with Crippen LogP contribution in [0.25, 0.3) is 0 Å². The van der Waals surface area contributed by atoms with Gasteiger partial charge in [-0.3, -0.25) is 14.4 Å². The monoisotopic (exact) mass is 360 g/mol. The molecule has 2 saturated heterocycles. The molecule has 0 bridgehead atoms. The zero-order valence-electron chi connectivity index (χ0n) is 14.2. The second-order valence-corrected chi connectivity index (χ2v) is 6.38. The highest BCUT2D eigenvalue weighted by Crippen LogP contribution is 2.18. The summed E-state index contributed by atoms with van der Waals surface area (Å²) in [5.41, 5.74) is 5.40. The van der Waals surface area contributed by atoms with Gasteiger partial charge in [0, 0.05) is 39.1 Å². The number of nitrogens with zero attached hydrogens (tertiary/aromatic N) is 2. The standard InChI is InChI=1S/C16H28N4O3.ClH/c17-7-8-18-16(23)13-5-4-10-19(11-13)15(22)12-20-9-3-1-2-6-14(20)21;/h13H,1-12,17H2,(H,18,23);1H. The quantitative estimate of drug-likeness (QED) is 0.728. The first-order chi connectivity index (χ1) is 11.1. The first-order valence-electron chi connectivity index (χ1n) is 8.65. The van der Waals surface area contributed by atoms with E-state index in [1.165, 1.54) is 0 Å². The van der Waals surface area contributed by atoms with Crippen molar-refractivity contribution in [3.63, 3.8) is 0 Å². The minimum absolute atomic E-state index is 0. The van der Waals surface area contributed by atoms with E-state index in [0.29, 0.717) is 39.1 Å². The summed E-state index contributed by atoms with van der Waals surface area (Å²) < 4.78 is 0. The van der Waals surface area contributed by atoms with E-state index >= 15 is 0 Å². The van der Waals surface area contributed by atoms with E-state index in [4.69, 9.17) is 5.73 Å². The molecule has 0 aromatic rings. The maximum Gasteiger partial charge on any atom is 0.242 e. The Morgan fingerprint density at radius 1 is 1.17 bits per heavy atom. The summed E-state index contributed by atoms with van der Waals surface area (Å²) in [6, 6.07) is 0. The molecule has 2 rings (SSSR count). The predicted octanol–water partition coefficient (Wildman–Crippen LogP) is 0.124. The fraction of sp³-hybridized carbons (Fsp3) is 0.812. The number of carbonyl (C=O) groups excluding carboxylic acids is 3. The zero-order chi connectivity index (χ0) is 16.7. The summed E-state index contributed by atoms with van der Waals surface area (Å²) >= 11 is 0. The van der Waals surface area contributed by atoms with Gasteiger partial charge >= 0.3 is 0 Å². The van der Waals surface area contributed by atoms with Crippen molar-refractivity contribution in [3.05, 3.63) is 0 Å². The van der Waals surface area contributed by atoms with Gasteiger partial charge in [-0.2, -0.15) is 0 Å². The van der Waals surface area contributed by atoms with Gasteiger partial charge in [-0.25, -0.2) is 0 Å². The van der Waals surface area contributed by atoms with Gasteiger partial charge in [0.25, 0.3) is 0 Å². The van der Waals surface area contributed by atoms with Crippen LogP contribution in [0.3, 0.4) is 0 Å². The van der Waals surface area contributed by atoms with Crippen molar-refractivity contribution in [2.45, 2.75) is 38.5 Å². The van der Waals surface area contributed by atoms with Gasteiger partial charge in [-0.1, -0.05) is 6.42 Å². The van der Waals surface area contributed by atoms with Crippen LogP contribution in [0, 0.1) is 5.92 Å². The number of amides is 3. The molecule has 0 aromatic heterocycles. The fourth-order valence-corrected chi connectivity index (χ4v) is 3.23. The Labute approximate surface area is 149 Å². The summed E-state index contributed by atoms with van der Waals surface area (Å²) in [5, 5.41) is 2.79. The van der Waals surface area contributed by atoms with Crippen molar-refractivity contribution in [2.24, 2.45) is 11.7 Å². The van der Waals surface area contributed by atoms with E-state index in [9.17, 15) is 14.4 Å². The van der Waals surface area contributed by atoms with Crippen molar-refractivity contribution in [1.29, 1.82) is 0 Å². The maximum absolute atomic E-state index is 12.5. The molecule has 0 saturated carbocycles. The lowest BCUT2D eigenvalue weighted by molar-refractivity contribution is -0.142. The highest BCUT2D eigenvalue weighted by atomic mass is 35.5. The molecule has 2 aliphatic rings. The molecule has 0 aliphatic carbocycles. The molecule has 1 atom stereocenters. The normalized spacial score (nSPS) is 21.7. The number of piperidine rings is 1. The third kappa shape index (κ3) is 5.94. The van der Waals surface area contributed by atoms with Gasteiger partial charge in [-0.15, -0.1) is 12.4 Å². The molecule has 7 nitrogen and oxygen atoms in total. The van der Waals surface area contributed by atoms with Crippen LogP contribution in [0.5, 0.6) is 0 Å². The van der Waals surface area contributed by atoms with E-state index in [0.717, 1.165) is 32.1 Å². The van der Waals surface area contributed by atoms with Crippen molar-refractivity contribution in [2.75, 3.05) is 39.3 Å². The largest absolute Gasteiger partial charge is 0.355 e. The lowest BCUT2D eigenvalue weighted by Gasteiger charge is -2.33. The first-order valence-corrected chi connectivity index (χ1v) is 8.65. The molecule has 2 heterocycles. The van der Waals surface area contributed by atoms with Gasteiger partial charge in [0.05, 0.1) is 12.5 Å². The van der Waals surface area contributed by atoms with Crippen molar-refractivity contribution in [1.82, 2.24) is 15.1 Å². The van der Waals surface area contributed by atoms with E-state index in [1.54, 1.807) is 9.80 Å². The highest BCUT2D eigenvalue weighted by molar-refractivity contribution is 5.86. The van der Waals surface area contributed by atoms with Crippen LogP contribution in [-0.2, 0) is 14.4 Å². The van der Waals surface area contributed by atoms with Crippen LogP contribution in [-0.4, -0.2) is 66.8 Å². The Morgan fingerprint density at radius 3 is 2.71 bits per heavy atom. The van der Waals surface area contributed by atoms with Crippen molar-refractivity contribution in [3.8, 4) is 0 Å². The second-order valence-electron chi connectivity index (χ2n) is 6.38. The molecular formula is C16H29ClN4O3. The van der Waals surface area contributed by atoms with Gasteiger partial charge in [-0.05, 0) is 25.7 Å². The number of carbonyl (C=O) groups is 3. The van der Waals surface area contributed by atoms with E-state index in [-0.39, 0.29) is 42.6 Å². The van der Waals surface area contributed by atoms with Gasteiger partial charge in [0.2, 0.25) is 17.7 Å². The smallest absolute Gasteiger partial charge is 0.242 e. The number of nitrogens with one attached hydrogen (secondary N) is 1. The molecular weight excluding hydrogens is 332 g/mol. The molecule has 138 valence electrons. The molecule has 0 radical (unpaired) electrons. The minimum Gasteiger partial charge on any atom is -0.355 e. The highest BCUT2D eigenvalue weighted by Gasteiger charge is 2.29. The summed E-state index contributed by atoms with van der Waals surface area (Å²) in [6.45, 7) is 2.80. The molecule has 8 heteroatoms. The fourth-order valence-electron chi connectivity index (χ4n) is 3.23. The summed E-state index contributed by atoms with van der Waals surface area (Å²) in [4.78, 5) is 39.9. The second kappa shape index (κ2) is 10.5. The minimum atomic E-state index is -0.168. The number of halogens is 1. The summed E-state index contributed by atoms with van der Waals surface area (Å²) in [5.74, 6) is -0.167. The summed E-state index contributed by atoms with van der Waals surface area (Å²) in [7, 11) is 0. The average Bonchev–Trinajstić information content (AvgIpc) is 2.77. The molecule has 24 heavy (non-hydrogen) atoms. The lowest BCUT2D eigenvalue weighted by atomic mass is 9.97. The SMILES string of the molecule is Cl.NCCNC(=O)C1CCCN(C(=O)CN2CCCCCC2=O)C1. The van der Waals surface area contributed by atoms with Crippen LogP contribution >= 0.6 is 12.4 Å². The molecule has 0 aromatic carbocycles. The third-order valence-corrected chi connectivity index (χ3v) is 4.59. The van der Waals surface area contributed by atoms with Gasteiger partial charge in [0.15, 0.2) is 0 Å². The maximum atomic E-state index is 12.5. The Bertz CT molecular complexity index is 447. The number of nitrogens with two attached hydrogens (primary N) is 1. The molecule has 1 unspecified atom stereocenters. The van der Waals surface area contributed by atoms with Crippen LogP contribution in [0.15, 0.2) is 0 Å². The number of hydrogen-bond acceptors (Lipinski definition) is 4. The molecule has 3 N–H and O–H groups in total. The Hall–Kier alpha value is -1.34. The third-order valence-electron chi connectivity index (χ3n) is 4.59. The first kappa shape index (κ1) is 20.7. The zero-order valence-corrected chi connectivity index (χ0v) is 15.0. The number of hydrogen-bond donors (Lipinski definition) is 2. The molecule has 3 amide bonds. The van der Waals surface area contributed by atoms with Crippen LogP contribution < -0.4 is 11.1 Å². The van der Waals surface area contributed by atoms with Gasteiger partial charge < -0.3 is 20.9 Å². The Morgan fingerprint density at radius 2 is 1.96 bits per heavy atom. The molecule has 2 aliphatic heterocycles. The summed E-state index contributed by atoms with van der Waals surface area (Å²) in [6.07, 6.45) is 5.07. The van der Waals surface area contributed by atoms with E-state index in [1.807, 2.05) is 0 Å². The Kier molecular flexibility index (Phi) is 9.07. The molecule has 0 spiro atoms. The van der Waals surface area contributed by atoms with Gasteiger partial charge in [0.1, 0.15) is 0 Å². The van der Waals surface area contributed by atoms with E-state index < -0.39 is 0 Å². The lowest BCUT2D eigenvalue weighted by Crippen LogP contribution is -2.49. The van der Waals surface area contributed by atoms with Crippen LogP contribution in [0.2, 0.25) is 0 Å². The Balaban J connectivity index is 0.00000288.